The maximum Gasteiger partial charge on any atom is 0.308 e. The molecule has 1 fully saturated rings. The van der Waals surface area contributed by atoms with Crippen LogP contribution in [-0.4, -0.2) is 23.5 Å². The van der Waals surface area contributed by atoms with Crippen LogP contribution in [0.25, 0.3) is 0 Å². The van der Waals surface area contributed by atoms with Crippen molar-refractivity contribution in [2.45, 2.75) is 51.9 Å². The fourth-order valence-electron chi connectivity index (χ4n) is 5.30. The van der Waals surface area contributed by atoms with E-state index in [0.717, 1.165) is 36.0 Å². The molecule has 152 valence electrons. The molecule has 0 N–H and O–H groups in total. The van der Waals surface area contributed by atoms with Crippen molar-refractivity contribution in [3.05, 3.63) is 57.1 Å². The van der Waals surface area contributed by atoms with E-state index in [1.165, 1.54) is 13.8 Å². The molecule has 0 aliphatic heterocycles. The Morgan fingerprint density at radius 2 is 1.33 bits per heavy atom. The molecule has 6 nitrogen and oxygen atoms in total. The molecule has 0 amide bonds. The predicted molar refractivity (Wildman–Crippen MR) is 106 cm³/mol. The normalized spacial score (nSPS) is 20.5. The summed E-state index contributed by atoms with van der Waals surface area (Å²) >= 11 is 0. The van der Waals surface area contributed by atoms with Crippen LogP contribution in [0.1, 0.15) is 93.5 Å². The fraction of sp³-hybridized carbons (Fsp3) is 0.333. The minimum atomic E-state index is -0.558. The van der Waals surface area contributed by atoms with Gasteiger partial charge in [-0.1, -0.05) is 17.7 Å². The smallest absolute Gasteiger partial charge is 0.308 e. The monoisotopic (exact) mass is 404 g/mol. The van der Waals surface area contributed by atoms with E-state index in [1.807, 2.05) is 6.92 Å². The average molecular weight is 404 g/mol. The first-order valence-electron chi connectivity index (χ1n) is 10.1. The zero-order chi connectivity index (χ0) is 21.3. The topological polar surface area (TPSA) is 86.7 Å². The molecule has 5 rings (SSSR count). The second-order valence-corrected chi connectivity index (χ2v) is 8.34. The first-order chi connectivity index (χ1) is 14.3. The minimum Gasteiger partial charge on any atom is -0.426 e. The van der Waals surface area contributed by atoms with Gasteiger partial charge >= 0.3 is 11.9 Å². The Balaban J connectivity index is 1.90. The van der Waals surface area contributed by atoms with Crippen molar-refractivity contribution in [3.63, 3.8) is 0 Å². The van der Waals surface area contributed by atoms with Crippen molar-refractivity contribution in [2.24, 2.45) is 0 Å². The van der Waals surface area contributed by atoms with Gasteiger partial charge in [0.05, 0.1) is 11.1 Å². The highest BCUT2D eigenvalue weighted by Crippen LogP contribution is 2.61. The molecular weight excluding hydrogens is 384 g/mol. The third-order valence-electron chi connectivity index (χ3n) is 6.34. The van der Waals surface area contributed by atoms with Gasteiger partial charge < -0.3 is 9.47 Å². The zero-order valence-corrected chi connectivity index (χ0v) is 17.0. The molecule has 2 aromatic carbocycles. The second-order valence-electron chi connectivity index (χ2n) is 8.34. The molecule has 2 unspecified atom stereocenters. The van der Waals surface area contributed by atoms with E-state index in [9.17, 15) is 19.2 Å². The average Bonchev–Trinajstić information content (AvgIpc) is 3.29. The molecule has 0 saturated heterocycles. The summed E-state index contributed by atoms with van der Waals surface area (Å²) in [6.07, 6.45) is 2.64. The lowest BCUT2D eigenvalue weighted by atomic mass is 9.77. The molecule has 0 spiro atoms. The van der Waals surface area contributed by atoms with Crippen molar-refractivity contribution in [1.29, 1.82) is 0 Å². The van der Waals surface area contributed by atoms with Crippen LogP contribution in [0.4, 0.5) is 0 Å². The fourth-order valence-corrected chi connectivity index (χ4v) is 5.30. The van der Waals surface area contributed by atoms with Crippen LogP contribution in [0.2, 0.25) is 0 Å². The van der Waals surface area contributed by atoms with Crippen LogP contribution < -0.4 is 9.47 Å². The summed E-state index contributed by atoms with van der Waals surface area (Å²) in [6, 6.07) is 5.06. The van der Waals surface area contributed by atoms with Gasteiger partial charge in [0, 0.05) is 36.1 Å². The number of carbonyl (C=O) groups is 4. The lowest BCUT2D eigenvalue weighted by Crippen LogP contribution is -2.26. The lowest BCUT2D eigenvalue weighted by molar-refractivity contribution is -0.133. The van der Waals surface area contributed by atoms with E-state index in [1.54, 1.807) is 18.2 Å². The van der Waals surface area contributed by atoms with Crippen LogP contribution in [-0.2, 0) is 9.59 Å². The Hall–Kier alpha value is -3.28. The van der Waals surface area contributed by atoms with E-state index in [-0.39, 0.29) is 45.6 Å². The van der Waals surface area contributed by atoms with Crippen molar-refractivity contribution in [3.8, 4) is 11.5 Å². The number of ether oxygens (including phenoxy) is 2. The van der Waals surface area contributed by atoms with Gasteiger partial charge in [-0.2, -0.15) is 0 Å². The van der Waals surface area contributed by atoms with Crippen LogP contribution in [0.3, 0.4) is 0 Å². The molecule has 2 bridgehead atoms. The van der Waals surface area contributed by atoms with Crippen LogP contribution in [0.15, 0.2) is 18.2 Å². The van der Waals surface area contributed by atoms with Gasteiger partial charge in [0.1, 0.15) is 11.5 Å². The van der Waals surface area contributed by atoms with Crippen molar-refractivity contribution >= 4 is 23.5 Å². The second kappa shape index (κ2) is 6.36. The van der Waals surface area contributed by atoms with Crippen LogP contribution >= 0.6 is 0 Å². The van der Waals surface area contributed by atoms with Gasteiger partial charge in [0.25, 0.3) is 0 Å². The zero-order valence-electron chi connectivity index (χ0n) is 17.0. The number of hydrogen-bond donors (Lipinski definition) is 0. The van der Waals surface area contributed by atoms with Gasteiger partial charge in [-0.25, -0.2) is 0 Å². The van der Waals surface area contributed by atoms with Crippen LogP contribution in [0.5, 0.6) is 11.5 Å². The quantitative estimate of drug-likeness (QED) is 0.474. The van der Waals surface area contributed by atoms with E-state index in [4.69, 9.17) is 9.47 Å². The summed E-state index contributed by atoms with van der Waals surface area (Å²) in [7, 11) is 0. The van der Waals surface area contributed by atoms with Crippen molar-refractivity contribution < 1.29 is 28.7 Å². The first kappa shape index (κ1) is 18.7. The highest BCUT2D eigenvalue weighted by molar-refractivity contribution is 6.31. The standard InChI is InChI=1S/C24H20O6/c1-10-4-7-15-16(8-10)22(28)20-19(21(15)27)23(29-11(2)25)17-13-5-6-14(9-13)18(17)24(20)30-12(3)26/h4,7-8,13-14H,5-6,9H2,1-3H3. The summed E-state index contributed by atoms with van der Waals surface area (Å²) in [5.74, 6) is -1.34. The van der Waals surface area contributed by atoms with Gasteiger partial charge in [-0.05, 0) is 44.1 Å². The molecule has 1 saturated carbocycles. The summed E-state index contributed by atoms with van der Waals surface area (Å²) in [6.45, 7) is 4.39. The van der Waals surface area contributed by atoms with Crippen LogP contribution in [0, 0.1) is 6.92 Å². The highest BCUT2D eigenvalue weighted by atomic mass is 16.5. The molecule has 3 aliphatic carbocycles. The van der Waals surface area contributed by atoms with E-state index in [0.29, 0.717) is 0 Å². The molecule has 6 heteroatoms. The number of hydrogen-bond acceptors (Lipinski definition) is 6. The molecule has 0 radical (unpaired) electrons. The Morgan fingerprint density at radius 3 is 1.83 bits per heavy atom. The summed E-state index contributed by atoms with van der Waals surface area (Å²) in [4.78, 5) is 51.0. The molecule has 0 aromatic heterocycles. The van der Waals surface area contributed by atoms with Crippen molar-refractivity contribution in [2.75, 3.05) is 0 Å². The maximum atomic E-state index is 13.6. The summed E-state index contributed by atoms with van der Waals surface area (Å²) in [5, 5.41) is 0. The maximum absolute atomic E-state index is 13.6. The number of esters is 2. The van der Waals surface area contributed by atoms with E-state index in [2.05, 4.69) is 0 Å². The van der Waals surface area contributed by atoms with Gasteiger partial charge in [0.15, 0.2) is 11.6 Å². The SMILES string of the molecule is CC(=O)Oc1c2c(c(OC(C)=O)c3c1C1CCC3C1)C(=O)c1cc(C)ccc1C2=O. The third-order valence-corrected chi connectivity index (χ3v) is 6.34. The molecule has 2 atom stereocenters. The molecule has 3 aliphatic rings. The summed E-state index contributed by atoms with van der Waals surface area (Å²) < 4.78 is 11.2. The third kappa shape index (κ3) is 2.49. The minimum absolute atomic E-state index is 0.0362. The molecule has 30 heavy (non-hydrogen) atoms. The Morgan fingerprint density at radius 1 is 0.833 bits per heavy atom. The van der Waals surface area contributed by atoms with Gasteiger partial charge in [-0.15, -0.1) is 0 Å². The predicted octanol–water partition coefficient (Wildman–Crippen LogP) is 3.99. The lowest BCUT2D eigenvalue weighted by Gasteiger charge is -2.28. The van der Waals surface area contributed by atoms with Crippen molar-refractivity contribution in [1.82, 2.24) is 0 Å². The van der Waals surface area contributed by atoms with Gasteiger partial charge in [0.2, 0.25) is 0 Å². The highest BCUT2D eigenvalue weighted by Gasteiger charge is 2.48. The van der Waals surface area contributed by atoms with Gasteiger partial charge in [-0.3, -0.25) is 19.2 Å². The molecule has 0 heterocycles. The Kier molecular flexibility index (Phi) is 3.97. The van der Waals surface area contributed by atoms with E-state index >= 15 is 0 Å². The Bertz CT molecular complexity index is 1190. The number of fused-ring (bicyclic) bond motifs is 7. The Labute approximate surface area is 173 Å². The number of rotatable bonds is 2. The van der Waals surface area contributed by atoms with E-state index < -0.39 is 23.5 Å². The first-order valence-corrected chi connectivity index (χ1v) is 10.1. The largest absolute Gasteiger partial charge is 0.426 e. The summed E-state index contributed by atoms with van der Waals surface area (Å²) in [5.41, 5.74) is 2.95. The molecule has 2 aromatic rings. The number of aryl methyl sites for hydroxylation is 1. The number of ketones is 2. The number of benzene rings is 2. The number of carbonyl (C=O) groups excluding carboxylic acids is 4. The molecular formula is C24H20O6.